The Morgan fingerprint density at radius 1 is 1.24 bits per heavy atom. The third-order valence-corrected chi connectivity index (χ3v) is 4.27. The third kappa shape index (κ3) is 5.10. The van der Waals surface area contributed by atoms with Gasteiger partial charge in [-0.25, -0.2) is 0 Å². The fraction of sp³-hybridized carbons (Fsp3) is 0.667. The predicted molar refractivity (Wildman–Crippen MR) is 88.5 cm³/mol. The lowest BCUT2D eigenvalue weighted by Gasteiger charge is -2.36. The molecule has 0 bridgehead atoms. The van der Waals surface area contributed by atoms with Crippen molar-refractivity contribution in [3.8, 4) is 0 Å². The summed E-state index contributed by atoms with van der Waals surface area (Å²) in [5, 5.41) is 3.33. The highest BCUT2D eigenvalue weighted by Crippen LogP contribution is 2.22. The maximum Gasteiger partial charge on any atom is 0.0593 e. The number of nitrogens with one attached hydrogen (secondary N) is 1. The van der Waals surface area contributed by atoms with Crippen molar-refractivity contribution >= 4 is 0 Å². The minimum Gasteiger partial charge on any atom is -0.380 e. The topological polar surface area (TPSA) is 24.5 Å². The van der Waals surface area contributed by atoms with Gasteiger partial charge in [0.1, 0.15) is 0 Å². The molecule has 1 heterocycles. The number of nitrogens with zero attached hydrogens (tertiary/aromatic N) is 1. The summed E-state index contributed by atoms with van der Waals surface area (Å²) in [6.45, 7) is 9.34. The van der Waals surface area contributed by atoms with E-state index in [0.717, 1.165) is 51.6 Å². The van der Waals surface area contributed by atoms with E-state index in [-0.39, 0.29) is 0 Å². The lowest BCUT2D eigenvalue weighted by atomic mass is 9.94. The van der Waals surface area contributed by atoms with Gasteiger partial charge in [-0.15, -0.1) is 0 Å². The fourth-order valence-corrected chi connectivity index (χ4v) is 2.94. The Labute approximate surface area is 129 Å². The van der Waals surface area contributed by atoms with Crippen molar-refractivity contribution in [2.45, 2.75) is 39.3 Å². The number of fused-ring (bicyclic) bond motifs is 1. The van der Waals surface area contributed by atoms with Crippen molar-refractivity contribution < 1.29 is 4.74 Å². The molecule has 0 aromatic heterocycles. The summed E-state index contributed by atoms with van der Waals surface area (Å²) in [7, 11) is 2.04. The van der Waals surface area contributed by atoms with Gasteiger partial charge in [-0.3, -0.25) is 4.90 Å². The highest BCUT2D eigenvalue weighted by molar-refractivity contribution is 5.30. The molecule has 3 heteroatoms. The monoisotopic (exact) mass is 290 g/mol. The first-order chi connectivity index (χ1) is 10.2. The first kappa shape index (κ1) is 16.5. The summed E-state index contributed by atoms with van der Waals surface area (Å²) in [4.78, 5) is 2.56. The fourth-order valence-electron chi connectivity index (χ4n) is 2.94. The van der Waals surface area contributed by atoms with Crippen LogP contribution in [0.4, 0.5) is 0 Å². The molecule has 1 N–H and O–H groups in total. The van der Waals surface area contributed by atoms with Gasteiger partial charge in [0, 0.05) is 32.3 Å². The second kappa shape index (κ2) is 8.52. The summed E-state index contributed by atoms with van der Waals surface area (Å²) in [6, 6.07) is 9.42. The van der Waals surface area contributed by atoms with Gasteiger partial charge in [-0.2, -0.15) is 0 Å². The molecule has 0 spiro atoms. The van der Waals surface area contributed by atoms with Crippen LogP contribution in [-0.4, -0.2) is 44.3 Å². The highest BCUT2D eigenvalue weighted by atomic mass is 16.5. The standard InChI is InChI=1S/C18H30N2O/c1-15(2)8-10-21-11-9-20-14-17-7-5-4-6-16(17)12-18(20)13-19-3/h4-7,15,18-19H,8-14H2,1-3H3. The summed E-state index contributed by atoms with van der Waals surface area (Å²) >= 11 is 0. The van der Waals surface area contributed by atoms with E-state index in [0.29, 0.717) is 6.04 Å². The lowest BCUT2D eigenvalue weighted by Crippen LogP contribution is -2.46. The summed E-state index contributed by atoms with van der Waals surface area (Å²) in [5.74, 6) is 0.726. The summed E-state index contributed by atoms with van der Waals surface area (Å²) < 4.78 is 5.80. The van der Waals surface area contributed by atoms with Crippen molar-refractivity contribution in [2.75, 3.05) is 33.4 Å². The smallest absolute Gasteiger partial charge is 0.0593 e. The van der Waals surface area contributed by atoms with Crippen molar-refractivity contribution in [1.82, 2.24) is 10.2 Å². The average Bonchev–Trinajstić information content (AvgIpc) is 2.47. The number of ether oxygens (including phenoxy) is 1. The van der Waals surface area contributed by atoms with Gasteiger partial charge in [-0.1, -0.05) is 38.1 Å². The van der Waals surface area contributed by atoms with E-state index in [2.05, 4.69) is 48.3 Å². The van der Waals surface area contributed by atoms with E-state index in [1.807, 2.05) is 7.05 Å². The molecular formula is C18H30N2O. The molecule has 0 radical (unpaired) electrons. The van der Waals surface area contributed by atoms with E-state index in [1.54, 1.807) is 0 Å². The van der Waals surface area contributed by atoms with E-state index in [4.69, 9.17) is 4.74 Å². The van der Waals surface area contributed by atoms with Crippen LogP contribution in [0, 0.1) is 5.92 Å². The molecule has 1 atom stereocenters. The van der Waals surface area contributed by atoms with Crippen LogP contribution in [0.25, 0.3) is 0 Å². The molecule has 1 aliphatic rings. The van der Waals surface area contributed by atoms with Crippen LogP contribution in [0.3, 0.4) is 0 Å². The van der Waals surface area contributed by atoms with E-state index in [9.17, 15) is 0 Å². The van der Waals surface area contributed by atoms with Crippen molar-refractivity contribution in [3.05, 3.63) is 35.4 Å². The molecular weight excluding hydrogens is 260 g/mol. The number of benzene rings is 1. The molecule has 0 saturated heterocycles. The largest absolute Gasteiger partial charge is 0.380 e. The Morgan fingerprint density at radius 3 is 2.71 bits per heavy atom. The van der Waals surface area contributed by atoms with Crippen molar-refractivity contribution in [2.24, 2.45) is 5.92 Å². The summed E-state index contributed by atoms with van der Waals surface area (Å²) in [6.07, 6.45) is 2.30. The first-order valence-corrected chi connectivity index (χ1v) is 8.24. The molecule has 0 amide bonds. The van der Waals surface area contributed by atoms with Crippen LogP contribution in [0.2, 0.25) is 0 Å². The molecule has 118 valence electrons. The zero-order valence-corrected chi connectivity index (χ0v) is 13.8. The first-order valence-electron chi connectivity index (χ1n) is 8.24. The predicted octanol–water partition coefficient (Wildman–Crippen LogP) is 2.70. The Morgan fingerprint density at radius 2 is 2.00 bits per heavy atom. The Bertz CT molecular complexity index is 419. The number of hydrogen-bond acceptors (Lipinski definition) is 3. The van der Waals surface area contributed by atoms with Crippen LogP contribution in [0.5, 0.6) is 0 Å². The van der Waals surface area contributed by atoms with Crippen LogP contribution < -0.4 is 5.32 Å². The molecule has 0 aliphatic carbocycles. The average molecular weight is 290 g/mol. The Hall–Kier alpha value is -0.900. The number of rotatable bonds is 8. The van der Waals surface area contributed by atoms with Gasteiger partial charge in [-0.05, 0) is 36.9 Å². The second-order valence-electron chi connectivity index (χ2n) is 6.45. The zero-order chi connectivity index (χ0) is 15.1. The molecule has 1 aromatic rings. The van der Waals surface area contributed by atoms with E-state index < -0.39 is 0 Å². The third-order valence-electron chi connectivity index (χ3n) is 4.27. The molecule has 1 unspecified atom stereocenters. The Kier molecular flexibility index (Phi) is 6.68. The SMILES string of the molecule is CNCC1Cc2ccccc2CN1CCOCCC(C)C. The molecule has 21 heavy (non-hydrogen) atoms. The van der Waals surface area contributed by atoms with Crippen LogP contribution in [0.1, 0.15) is 31.4 Å². The highest BCUT2D eigenvalue weighted by Gasteiger charge is 2.24. The quantitative estimate of drug-likeness (QED) is 0.745. The van der Waals surface area contributed by atoms with Crippen LogP contribution in [0.15, 0.2) is 24.3 Å². The lowest BCUT2D eigenvalue weighted by molar-refractivity contribution is 0.0730. The van der Waals surface area contributed by atoms with Gasteiger partial charge in [0.15, 0.2) is 0 Å². The van der Waals surface area contributed by atoms with Gasteiger partial charge in [0.2, 0.25) is 0 Å². The van der Waals surface area contributed by atoms with Crippen LogP contribution in [-0.2, 0) is 17.7 Å². The number of hydrogen-bond donors (Lipinski definition) is 1. The molecule has 0 saturated carbocycles. The summed E-state index contributed by atoms with van der Waals surface area (Å²) in [5.41, 5.74) is 2.99. The Balaban J connectivity index is 1.85. The minimum absolute atomic E-state index is 0.582. The van der Waals surface area contributed by atoms with Gasteiger partial charge in [0.25, 0.3) is 0 Å². The van der Waals surface area contributed by atoms with Crippen molar-refractivity contribution in [3.63, 3.8) is 0 Å². The molecule has 2 rings (SSSR count). The maximum absolute atomic E-state index is 5.80. The normalized spacial score (nSPS) is 19.0. The molecule has 3 nitrogen and oxygen atoms in total. The molecule has 0 fully saturated rings. The van der Waals surface area contributed by atoms with Gasteiger partial charge in [0.05, 0.1) is 6.61 Å². The second-order valence-corrected chi connectivity index (χ2v) is 6.45. The number of likely N-dealkylation sites (N-methyl/N-ethyl adjacent to an activating group) is 1. The molecule has 1 aromatic carbocycles. The zero-order valence-electron chi connectivity index (χ0n) is 13.8. The van der Waals surface area contributed by atoms with Crippen molar-refractivity contribution in [1.29, 1.82) is 0 Å². The van der Waals surface area contributed by atoms with E-state index in [1.165, 1.54) is 11.1 Å². The van der Waals surface area contributed by atoms with Gasteiger partial charge >= 0.3 is 0 Å². The molecule has 1 aliphatic heterocycles. The van der Waals surface area contributed by atoms with E-state index >= 15 is 0 Å². The maximum atomic E-state index is 5.80. The van der Waals surface area contributed by atoms with Gasteiger partial charge < -0.3 is 10.1 Å². The minimum atomic E-state index is 0.582. The van der Waals surface area contributed by atoms with Crippen LogP contribution >= 0.6 is 0 Å².